The van der Waals surface area contributed by atoms with Gasteiger partial charge in [-0.3, -0.25) is 0 Å². The average Bonchev–Trinajstić information content (AvgIpc) is 2.77. The summed E-state index contributed by atoms with van der Waals surface area (Å²) in [6, 6.07) is 1.51. The molecule has 102 valence electrons. The van der Waals surface area contributed by atoms with Crippen LogP contribution in [0, 0.1) is 5.92 Å². The second-order valence-electron chi connectivity index (χ2n) is 4.60. The van der Waals surface area contributed by atoms with Gasteiger partial charge in [0.2, 0.25) is 0 Å². The molecule has 0 saturated carbocycles. The van der Waals surface area contributed by atoms with E-state index in [1.807, 2.05) is 0 Å². The smallest absolute Gasteiger partial charge is 0.252 e. The molecular formula is C11H18N2O3S2. The molecule has 0 aromatic carbocycles. The molecule has 2 atom stereocenters. The van der Waals surface area contributed by atoms with Crippen molar-refractivity contribution in [3.05, 3.63) is 11.4 Å². The molecule has 1 saturated heterocycles. The van der Waals surface area contributed by atoms with Crippen molar-refractivity contribution in [2.24, 2.45) is 5.92 Å². The van der Waals surface area contributed by atoms with Crippen molar-refractivity contribution >= 4 is 27.0 Å². The van der Waals surface area contributed by atoms with Gasteiger partial charge in [-0.05, 0) is 18.4 Å². The molecule has 7 heteroatoms. The Bertz CT molecular complexity index is 512. The maximum Gasteiger partial charge on any atom is 0.252 e. The van der Waals surface area contributed by atoms with E-state index >= 15 is 0 Å². The zero-order chi connectivity index (χ0) is 13.3. The molecule has 0 spiro atoms. The first-order valence-electron chi connectivity index (χ1n) is 5.82. The van der Waals surface area contributed by atoms with Crippen LogP contribution < -0.4 is 5.73 Å². The number of piperidine rings is 1. The molecule has 1 aliphatic heterocycles. The highest BCUT2D eigenvalue weighted by Crippen LogP contribution is 2.29. The SMILES string of the molecule is COC1CN(S(=O)(=O)c2cc(N)cs2)CCC1C. The molecule has 2 N–H and O–H groups in total. The third-order valence-electron chi connectivity index (χ3n) is 3.34. The van der Waals surface area contributed by atoms with Gasteiger partial charge in [-0.15, -0.1) is 11.3 Å². The number of thiophene rings is 1. The summed E-state index contributed by atoms with van der Waals surface area (Å²) in [4.78, 5) is 0. The van der Waals surface area contributed by atoms with Crippen molar-refractivity contribution in [1.29, 1.82) is 0 Å². The number of nitrogens with zero attached hydrogens (tertiary/aromatic N) is 1. The summed E-state index contributed by atoms with van der Waals surface area (Å²) in [6.07, 6.45) is 0.782. The van der Waals surface area contributed by atoms with Crippen molar-refractivity contribution in [3.63, 3.8) is 0 Å². The standard InChI is InChI=1S/C11H18N2O3S2/c1-8-3-4-13(6-10(8)16-2)18(14,15)11-5-9(12)7-17-11/h5,7-8,10H,3-4,6,12H2,1-2H3. The summed E-state index contributed by atoms with van der Waals surface area (Å²) in [6.45, 7) is 3.04. The van der Waals surface area contributed by atoms with Crippen LogP contribution in [0.3, 0.4) is 0 Å². The monoisotopic (exact) mass is 290 g/mol. The summed E-state index contributed by atoms with van der Waals surface area (Å²) in [5.41, 5.74) is 6.08. The Balaban J connectivity index is 2.21. The Hall–Kier alpha value is -0.630. The Labute approximate surface area is 112 Å². The molecule has 1 aliphatic rings. The molecule has 2 rings (SSSR count). The van der Waals surface area contributed by atoms with Gasteiger partial charge in [0.25, 0.3) is 10.0 Å². The van der Waals surface area contributed by atoms with Gasteiger partial charge in [0, 0.05) is 31.3 Å². The summed E-state index contributed by atoms with van der Waals surface area (Å²) in [5, 5.41) is 1.65. The zero-order valence-corrected chi connectivity index (χ0v) is 12.1. The van der Waals surface area contributed by atoms with Crippen molar-refractivity contribution in [1.82, 2.24) is 4.31 Å². The Kier molecular flexibility index (Phi) is 3.96. The number of sulfonamides is 1. The Morgan fingerprint density at radius 3 is 2.83 bits per heavy atom. The van der Waals surface area contributed by atoms with Crippen LogP contribution in [0.4, 0.5) is 5.69 Å². The van der Waals surface area contributed by atoms with Crippen LogP contribution >= 0.6 is 11.3 Å². The number of ether oxygens (including phenoxy) is 1. The fraction of sp³-hybridized carbons (Fsp3) is 0.636. The maximum absolute atomic E-state index is 12.4. The molecule has 1 aromatic rings. The van der Waals surface area contributed by atoms with Crippen molar-refractivity contribution in [3.8, 4) is 0 Å². The van der Waals surface area contributed by atoms with Crippen molar-refractivity contribution < 1.29 is 13.2 Å². The topological polar surface area (TPSA) is 72.6 Å². The number of nitrogens with two attached hydrogens (primary N) is 1. The Morgan fingerprint density at radius 1 is 1.56 bits per heavy atom. The van der Waals surface area contributed by atoms with E-state index in [0.29, 0.717) is 28.9 Å². The molecule has 1 aromatic heterocycles. The summed E-state index contributed by atoms with van der Waals surface area (Å²) in [7, 11) is -1.79. The van der Waals surface area contributed by atoms with E-state index in [4.69, 9.17) is 10.5 Å². The first kappa shape index (κ1) is 13.8. The number of methoxy groups -OCH3 is 1. The van der Waals surface area contributed by atoms with Crippen LogP contribution in [-0.2, 0) is 14.8 Å². The molecule has 2 heterocycles. The van der Waals surface area contributed by atoms with Crippen LogP contribution in [0.15, 0.2) is 15.7 Å². The van der Waals surface area contributed by atoms with Gasteiger partial charge < -0.3 is 10.5 Å². The minimum Gasteiger partial charge on any atom is -0.398 e. The highest BCUT2D eigenvalue weighted by Gasteiger charge is 2.34. The van der Waals surface area contributed by atoms with E-state index in [-0.39, 0.29) is 6.10 Å². The lowest BCUT2D eigenvalue weighted by atomic mass is 9.97. The highest BCUT2D eigenvalue weighted by molar-refractivity contribution is 7.91. The third kappa shape index (κ3) is 2.54. The van der Waals surface area contributed by atoms with Crippen molar-refractivity contribution in [2.75, 3.05) is 25.9 Å². The molecule has 0 aliphatic carbocycles. The van der Waals surface area contributed by atoms with E-state index in [1.165, 1.54) is 10.4 Å². The van der Waals surface area contributed by atoms with Crippen LogP contribution in [0.1, 0.15) is 13.3 Å². The number of rotatable bonds is 3. The van der Waals surface area contributed by atoms with E-state index in [0.717, 1.165) is 17.8 Å². The predicted octanol–water partition coefficient (Wildman–Crippen LogP) is 1.38. The van der Waals surface area contributed by atoms with Crippen LogP contribution in [0.5, 0.6) is 0 Å². The minimum absolute atomic E-state index is 0.0363. The third-order valence-corrected chi connectivity index (χ3v) is 6.64. The molecule has 0 amide bonds. The minimum atomic E-state index is -3.42. The summed E-state index contributed by atoms with van der Waals surface area (Å²) in [5.74, 6) is 0.384. The average molecular weight is 290 g/mol. The Morgan fingerprint density at radius 2 is 2.28 bits per heavy atom. The molecular weight excluding hydrogens is 272 g/mol. The second kappa shape index (κ2) is 5.16. The normalized spacial score (nSPS) is 26.3. The van der Waals surface area contributed by atoms with E-state index in [9.17, 15) is 8.42 Å². The quantitative estimate of drug-likeness (QED) is 0.912. The summed E-state index contributed by atoms with van der Waals surface area (Å²) < 4.78 is 31.9. The number of hydrogen-bond acceptors (Lipinski definition) is 5. The van der Waals surface area contributed by atoms with E-state index < -0.39 is 10.0 Å². The van der Waals surface area contributed by atoms with Gasteiger partial charge in [-0.25, -0.2) is 8.42 Å². The lowest BCUT2D eigenvalue weighted by molar-refractivity contribution is 0.0184. The highest BCUT2D eigenvalue weighted by atomic mass is 32.2. The van der Waals surface area contributed by atoms with Crippen LogP contribution in [0.25, 0.3) is 0 Å². The number of hydrogen-bond donors (Lipinski definition) is 1. The van der Waals surface area contributed by atoms with Gasteiger partial charge in [-0.1, -0.05) is 6.92 Å². The number of nitrogen functional groups attached to an aromatic ring is 1. The maximum atomic E-state index is 12.4. The molecule has 2 unspecified atom stereocenters. The molecule has 0 radical (unpaired) electrons. The van der Waals surface area contributed by atoms with E-state index in [1.54, 1.807) is 12.5 Å². The van der Waals surface area contributed by atoms with Gasteiger partial charge in [0.1, 0.15) is 4.21 Å². The first-order valence-corrected chi connectivity index (χ1v) is 8.14. The first-order chi connectivity index (χ1) is 8.45. The largest absolute Gasteiger partial charge is 0.398 e. The zero-order valence-electron chi connectivity index (χ0n) is 10.5. The number of anilines is 1. The summed E-state index contributed by atoms with van der Waals surface area (Å²) >= 11 is 1.16. The van der Waals surface area contributed by atoms with Crippen molar-refractivity contribution in [2.45, 2.75) is 23.7 Å². The van der Waals surface area contributed by atoms with Gasteiger partial charge >= 0.3 is 0 Å². The van der Waals surface area contributed by atoms with Crippen LogP contribution in [0.2, 0.25) is 0 Å². The lowest BCUT2D eigenvalue weighted by Gasteiger charge is -2.35. The van der Waals surface area contributed by atoms with E-state index in [2.05, 4.69) is 6.92 Å². The molecule has 0 bridgehead atoms. The predicted molar refractivity (Wildman–Crippen MR) is 72.1 cm³/mol. The molecule has 1 fully saturated rings. The van der Waals surface area contributed by atoms with Gasteiger partial charge in [0.15, 0.2) is 0 Å². The van der Waals surface area contributed by atoms with Crippen LogP contribution in [-0.4, -0.2) is 39.0 Å². The molecule has 5 nitrogen and oxygen atoms in total. The van der Waals surface area contributed by atoms with Gasteiger partial charge in [0.05, 0.1) is 6.10 Å². The van der Waals surface area contributed by atoms with Gasteiger partial charge in [-0.2, -0.15) is 4.31 Å². The second-order valence-corrected chi connectivity index (χ2v) is 7.68. The molecule has 18 heavy (non-hydrogen) atoms. The fourth-order valence-electron chi connectivity index (χ4n) is 2.12. The fourth-order valence-corrected chi connectivity index (χ4v) is 4.82. The lowest BCUT2D eigenvalue weighted by Crippen LogP contribution is -2.46.